The Morgan fingerprint density at radius 2 is 1.94 bits per heavy atom. The van der Waals surface area contributed by atoms with Crippen molar-refractivity contribution in [2.24, 2.45) is 10.9 Å². The van der Waals surface area contributed by atoms with Crippen molar-refractivity contribution in [2.75, 3.05) is 0 Å². The fraction of sp³-hybridized carbons (Fsp3) is 0.217. The first kappa shape index (κ1) is 20.2. The van der Waals surface area contributed by atoms with Crippen molar-refractivity contribution in [2.45, 2.75) is 26.2 Å². The number of nitro groups is 1. The Bertz CT molecular complexity index is 1240. The summed E-state index contributed by atoms with van der Waals surface area (Å²) in [4.78, 5) is 19.9. The molecule has 2 heterocycles. The van der Waals surface area contributed by atoms with Gasteiger partial charge in [-0.2, -0.15) is 10.2 Å². The molecule has 8 heteroatoms. The molecule has 4 rings (SSSR count). The first-order chi connectivity index (χ1) is 15.0. The van der Waals surface area contributed by atoms with Gasteiger partial charge in [-0.05, 0) is 25.0 Å². The first-order valence-corrected chi connectivity index (χ1v) is 9.74. The molecule has 1 aliphatic rings. The van der Waals surface area contributed by atoms with E-state index in [4.69, 9.17) is 4.52 Å². The van der Waals surface area contributed by atoms with Crippen LogP contribution in [0.1, 0.15) is 42.6 Å². The maximum absolute atomic E-state index is 11.3. The molecule has 0 radical (unpaired) electrons. The molecule has 2 atom stereocenters. The van der Waals surface area contributed by atoms with Gasteiger partial charge in [0.25, 0.3) is 11.6 Å². The van der Waals surface area contributed by atoms with E-state index < -0.39 is 16.8 Å². The topological polar surface area (TPSA) is 118 Å². The Hall–Kier alpha value is -4.12. The standard InChI is InChI=1S/C23H19N5O3/c1-14-19(13-24)22(17-9-6-10-18(12-17)28(29)30)21(15(2)25-14)23-26-20(27-31-23)11-16-7-4-3-5-8-16/h3-10,12,19,22H,11H2,1-2H3. The lowest BCUT2D eigenvalue weighted by atomic mass is 9.76. The molecule has 0 amide bonds. The summed E-state index contributed by atoms with van der Waals surface area (Å²) in [7, 11) is 0. The number of aliphatic imine (C=N–C) groups is 1. The lowest BCUT2D eigenvalue weighted by molar-refractivity contribution is -0.384. The third kappa shape index (κ3) is 3.98. The lowest BCUT2D eigenvalue weighted by Gasteiger charge is -2.28. The number of allylic oxidation sites excluding steroid dienone is 2. The molecular formula is C23H19N5O3. The summed E-state index contributed by atoms with van der Waals surface area (Å²) in [6.07, 6.45) is 0.502. The number of hydrogen-bond donors (Lipinski definition) is 0. The predicted octanol–water partition coefficient (Wildman–Crippen LogP) is 4.70. The molecule has 0 saturated carbocycles. The molecule has 2 aromatic carbocycles. The lowest BCUT2D eigenvalue weighted by Crippen LogP contribution is -2.24. The van der Waals surface area contributed by atoms with E-state index in [-0.39, 0.29) is 11.6 Å². The molecule has 0 saturated heterocycles. The summed E-state index contributed by atoms with van der Waals surface area (Å²) in [6.45, 7) is 3.60. The molecule has 0 spiro atoms. The van der Waals surface area contributed by atoms with Gasteiger partial charge in [0.1, 0.15) is 0 Å². The maximum atomic E-state index is 11.3. The first-order valence-electron chi connectivity index (χ1n) is 9.74. The van der Waals surface area contributed by atoms with Crippen LogP contribution in [0.15, 0.2) is 69.8 Å². The molecule has 31 heavy (non-hydrogen) atoms. The summed E-state index contributed by atoms with van der Waals surface area (Å²) in [6, 6.07) is 18.4. The van der Waals surface area contributed by atoms with E-state index in [1.807, 2.05) is 37.3 Å². The van der Waals surface area contributed by atoms with E-state index in [0.717, 1.165) is 5.56 Å². The van der Waals surface area contributed by atoms with Gasteiger partial charge in [0.05, 0.1) is 16.9 Å². The molecule has 2 unspecified atom stereocenters. The largest absolute Gasteiger partial charge is 0.334 e. The summed E-state index contributed by atoms with van der Waals surface area (Å²) >= 11 is 0. The van der Waals surface area contributed by atoms with Gasteiger partial charge in [-0.3, -0.25) is 15.1 Å². The van der Waals surface area contributed by atoms with Crippen LogP contribution in [0.4, 0.5) is 5.69 Å². The monoisotopic (exact) mass is 413 g/mol. The van der Waals surface area contributed by atoms with Crippen LogP contribution in [0.5, 0.6) is 0 Å². The van der Waals surface area contributed by atoms with E-state index >= 15 is 0 Å². The van der Waals surface area contributed by atoms with Crippen LogP contribution in [0, 0.1) is 27.4 Å². The summed E-state index contributed by atoms with van der Waals surface area (Å²) < 4.78 is 5.57. The normalized spacial score (nSPS) is 18.4. The molecule has 0 fully saturated rings. The van der Waals surface area contributed by atoms with Gasteiger partial charge in [0, 0.05) is 41.5 Å². The van der Waals surface area contributed by atoms with E-state index in [1.54, 1.807) is 19.1 Å². The second-order valence-electron chi connectivity index (χ2n) is 7.37. The molecule has 0 aliphatic carbocycles. The van der Waals surface area contributed by atoms with Crippen molar-refractivity contribution in [3.8, 4) is 6.07 Å². The third-order valence-electron chi connectivity index (χ3n) is 5.31. The number of benzene rings is 2. The molecule has 154 valence electrons. The average Bonchev–Trinajstić information content (AvgIpc) is 3.22. The van der Waals surface area contributed by atoms with Crippen LogP contribution >= 0.6 is 0 Å². The average molecular weight is 413 g/mol. The third-order valence-corrected chi connectivity index (χ3v) is 5.31. The van der Waals surface area contributed by atoms with Crippen LogP contribution in [-0.2, 0) is 6.42 Å². The Morgan fingerprint density at radius 3 is 2.65 bits per heavy atom. The van der Waals surface area contributed by atoms with Gasteiger partial charge in [-0.15, -0.1) is 0 Å². The van der Waals surface area contributed by atoms with Gasteiger partial charge in [0.15, 0.2) is 5.82 Å². The number of rotatable bonds is 5. The van der Waals surface area contributed by atoms with Crippen LogP contribution in [0.2, 0.25) is 0 Å². The second kappa shape index (κ2) is 8.32. The highest BCUT2D eigenvalue weighted by atomic mass is 16.6. The van der Waals surface area contributed by atoms with Gasteiger partial charge in [-0.25, -0.2) is 0 Å². The minimum Gasteiger partial charge on any atom is -0.334 e. The van der Waals surface area contributed by atoms with Crippen molar-refractivity contribution < 1.29 is 9.45 Å². The smallest absolute Gasteiger partial charge is 0.269 e. The molecule has 0 bridgehead atoms. The van der Waals surface area contributed by atoms with Crippen molar-refractivity contribution >= 4 is 17.0 Å². The Labute approximate surface area is 178 Å². The molecule has 1 aromatic heterocycles. The molecule has 1 aliphatic heterocycles. The summed E-state index contributed by atoms with van der Waals surface area (Å²) in [5.74, 6) is -0.326. The minimum absolute atomic E-state index is 0.0401. The van der Waals surface area contributed by atoms with E-state index in [0.29, 0.717) is 34.8 Å². The molecule has 0 N–H and O–H groups in total. The number of nitro benzene ring substituents is 1. The van der Waals surface area contributed by atoms with Crippen LogP contribution < -0.4 is 0 Å². The zero-order valence-corrected chi connectivity index (χ0v) is 17.0. The Morgan fingerprint density at radius 1 is 1.16 bits per heavy atom. The number of nitriles is 1. The van der Waals surface area contributed by atoms with Gasteiger partial charge >= 0.3 is 0 Å². The van der Waals surface area contributed by atoms with Crippen molar-refractivity contribution in [1.82, 2.24) is 10.1 Å². The highest BCUT2D eigenvalue weighted by Gasteiger charge is 2.37. The summed E-state index contributed by atoms with van der Waals surface area (Å²) in [5, 5.41) is 25.3. The minimum atomic E-state index is -0.606. The Kier molecular flexibility index (Phi) is 5.41. The number of nitrogens with zero attached hydrogens (tertiary/aromatic N) is 5. The Balaban J connectivity index is 1.78. The zero-order valence-electron chi connectivity index (χ0n) is 17.0. The quantitative estimate of drug-likeness (QED) is 0.442. The van der Waals surface area contributed by atoms with Gasteiger partial charge in [-0.1, -0.05) is 47.6 Å². The predicted molar refractivity (Wildman–Crippen MR) is 114 cm³/mol. The number of non-ortho nitro benzene ring substituents is 1. The highest BCUT2D eigenvalue weighted by Crippen LogP contribution is 2.44. The maximum Gasteiger partial charge on any atom is 0.269 e. The van der Waals surface area contributed by atoms with Gasteiger partial charge < -0.3 is 4.52 Å². The van der Waals surface area contributed by atoms with Crippen LogP contribution in [0.25, 0.3) is 5.57 Å². The van der Waals surface area contributed by atoms with Crippen molar-refractivity contribution in [3.05, 3.63) is 93.3 Å². The summed E-state index contributed by atoms with van der Waals surface area (Å²) in [5.41, 5.74) is 3.54. The molecule has 3 aromatic rings. The van der Waals surface area contributed by atoms with E-state index in [1.165, 1.54) is 12.1 Å². The highest BCUT2D eigenvalue weighted by molar-refractivity contribution is 5.94. The van der Waals surface area contributed by atoms with Crippen molar-refractivity contribution in [1.29, 1.82) is 5.26 Å². The van der Waals surface area contributed by atoms with E-state index in [9.17, 15) is 15.4 Å². The fourth-order valence-corrected chi connectivity index (χ4v) is 3.89. The van der Waals surface area contributed by atoms with Crippen LogP contribution in [-0.4, -0.2) is 20.8 Å². The zero-order chi connectivity index (χ0) is 22.0. The number of aromatic nitrogens is 2. The molecule has 8 nitrogen and oxygen atoms in total. The second-order valence-corrected chi connectivity index (χ2v) is 7.37. The molecular weight excluding hydrogens is 394 g/mol. The van der Waals surface area contributed by atoms with Gasteiger partial charge in [0.2, 0.25) is 0 Å². The SMILES string of the molecule is CC1=NC(C)=C(c2nc(Cc3ccccc3)no2)C(c2cccc([N+](=O)[O-])c2)C1C#N. The van der Waals surface area contributed by atoms with Crippen molar-refractivity contribution in [3.63, 3.8) is 0 Å². The van der Waals surface area contributed by atoms with Crippen LogP contribution in [0.3, 0.4) is 0 Å². The number of hydrogen-bond acceptors (Lipinski definition) is 7. The fourth-order valence-electron chi connectivity index (χ4n) is 3.89. The van der Waals surface area contributed by atoms with E-state index in [2.05, 4.69) is 21.2 Å².